The van der Waals surface area contributed by atoms with Crippen molar-refractivity contribution in [2.45, 2.75) is 0 Å². The number of carbonyl (C=O) groups is 4. The van der Waals surface area contributed by atoms with Gasteiger partial charge in [0.05, 0.1) is 37.0 Å². The van der Waals surface area contributed by atoms with Crippen LogP contribution >= 0.6 is 0 Å². The predicted octanol–water partition coefficient (Wildman–Crippen LogP) is -1.59. The van der Waals surface area contributed by atoms with Gasteiger partial charge in [-0.25, -0.2) is 0 Å². The fourth-order valence-electron chi connectivity index (χ4n) is 7.01. The highest BCUT2D eigenvalue weighted by Gasteiger charge is 2.68. The molecule has 0 N–H and O–H groups in total. The zero-order chi connectivity index (χ0) is 23.7. The molecule has 4 heterocycles. The van der Waals surface area contributed by atoms with Crippen LogP contribution in [0.2, 0.25) is 0 Å². The predicted molar refractivity (Wildman–Crippen MR) is 122 cm³/mol. The van der Waals surface area contributed by atoms with Crippen LogP contribution in [0.5, 0.6) is 0 Å². The van der Waals surface area contributed by atoms with Crippen LogP contribution in [0, 0.1) is 35.5 Å². The summed E-state index contributed by atoms with van der Waals surface area (Å²) in [5, 5.41) is 0. The molecule has 0 aromatic carbocycles. The van der Waals surface area contributed by atoms with E-state index >= 15 is 0 Å². The number of carbonyl (C=O) groups excluding carboxylic acids is 4. The molecule has 34 heavy (non-hydrogen) atoms. The van der Waals surface area contributed by atoms with Gasteiger partial charge in [-0.05, 0) is 14.1 Å². The Hall–Kier alpha value is -2.14. The second-order valence-corrected chi connectivity index (χ2v) is 11.0. The maximum atomic E-state index is 13.5. The van der Waals surface area contributed by atoms with Crippen molar-refractivity contribution >= 4 is 23.6 Å². The first-order valence-corrected chi connectivity index (χ1v) is 12.6. The topological polar surface area (TPSA) is 87.7 Å². The zero-order valence-electron chi connectivity index (χ0n) is 20.0. The Morgan fingerprint density at radius 3 is 1.15 bits per heavy atom. The Morgan fingerprint density at radius 2 is 0.853 bits per heavy atom. The number of hydrogen-bond acceptors (Lipinski definition) is 8. The average Bonchev–Trinajstić information content (AvgIpc) is 3.25. The molecule has 2 unspecified atom stereocenters. The Bertz CT molecular complexity index is 820. The summed E-state index contributed by atoms with van der Waals surface area (Å²) < 4.78 is 0. The van der Waals surface area contributed by atoms with E-state index in [-0.39, 0.29) is 35.5 Å². The van der Waals surface area contributed by atoms with Gasteiger partial charge in [-0.15, -0.1) is 0 Å². The molecule has 2 bridgehead atoms. The van der Waals surface area contributed by atoms with Crippen molar-refractivity contribution in [1.82, 2.24) is 29.4 Å². The van der Waals surface area contributed by atoms with Gasteiger partial charge in [0.25, 0.3) is 0 Å². The van der Waals surface area contributed by atoms with Crippen LogP contribution in [0.25, 0.3) is 0 Å². The number of likely N-dealkylation sites (N-methyl/N-ethyl adjacent to an activating group) is 2. The SMILES string of the molecule is CN1CCN(CN2C(=O)[C@@H]3C4C=CC([C@H]3C2=O)[C@@H]2C(=O)N(CN3CCN(C)CC3)C(=O)[C@H]42)CC1. The van der Waals surface area contributed by atoms with E-state index in [2.05, 4.69) is 33.7 Å². The van der Waals surface area contributed by atoms with Crippen molar-refractivity contribution < 1.29 is 19.2 Å². The molecule has 0 aromatic rings. The average molecular weight is 471 g/mol. The van der Waals surface area contributed by atoms with Crippen LogP contribution in [-0.2, 0) is 19.2 Å². The third kappa shape index (κ3) is 3.30. The molecule has 7 rings (SSSR count). The highest BCUT2D eigenvalue weighted by atomic mass is 16.2. The van der Waals surface area contributed by atoms with Crippen molar-refractivity contribution in [3.63, 3.8) is 0 Å². The maximum Gasteiger partial charge on any atom is 0.234 e. The minimum absolute atomic E-state index is 0.163. The van der Waals surface area contributed by atoms with Crippen LogP contribution in [0.1, 0.15) is 0 Å². The summed E-state index contributed by atoms with van der Waals surface area (Å²) in [5.41, 5.74) is 0. The number of allylic oxidation sites excluding steroid dienone is 2. The second kappa shape index (κ2) is 8.22. The number of nitrogens with zero attached hydrogens (tertiary/aromatic N) is 6. The van der Waals surface area contributed by atoms with Gasteiger partial charge in [0.1, 0.15) is 0 Å². The van der Waals surface area contributed by atoms with E-state index in [0.29, 0.717) is 13.3 Å². The molecule has 184 valence electrons. The monoisotopic (exact) mass is 470 g/mol. The summed E-state index contributed by atoms with van der Waals surface area (Å²) in [6, 6.07) is 0. The third-order valence-corrected chi connectivity index (χ3v) is 9.07. The number of likely N-dealkylation sites (tertiary alicyclic amines) is 2. The fourth-order valence-corrected chi connectivity index (χ4v) is 7.01. The van der Waals surface area contributed by atoms with Gasteiger partial charge in [-0.1, -0.05) is 12.2 Å². The van der Waals surface area contributed by atoms with Crippen LogP contribution in [0.3, 0.4) is 0 Å². The molecule has 4 saturated heterocycles. The van der Waals surface area contributed by atoms with Crippen molar-refractivity contribution in [2.75, 3.05) is 79.8 Å². The molecule has 7 aliphatic rings. The van der Waals surface area contributed by atoms with Gasteiger partial charge in [0.15, 0.2) is 0 Å². The summed E-state index contributed by atoms with van der Waals surface area (Å²) in [6.45, 7) is 7.52. The quantitative estimate of drug-likeness (QED) is 0.359. The normalized spacial score (nSPS) is 39.5. The molecule has 4 aliphatic heterocycles. The largest absolute Gasteiger partial charge is 0.304 e. The molecule has 5 fully saturated rings. The van der Waals surface area contributed by atoms with E-state index in [1.165, 1.54) is 9.80 Å². The summed E-state index contributed by atoms with van der Waals surface area (Å²) in [7, 11) is 4.14. The first-order valence-electron chi connectivity index (χ1n) is 12.6. The van der Waals surface area contributed by atoms with Crippen LogP contribution in [0.4, 0.5) is 0 Å². The van der Waals surface area contributed by atoms with Gasteiger partial charge in [-0.3, -0.25) is 38.8 Å². The maximum absolute atomic E-state index is 13.5. The molecular formula is C24H34N6O4. The molecule has 10 nitrogen and oxygen atoms in total. The number of imide groups is 2. The van der Waals surface area contributed by atoms with Crippen molar-refractivity contribution in [1.29, 1.82) is 0 Å². The highest BCUT2D eigenvalue weighted by Crippen LogP contribution is 2.57. The van der Waals surface area contributed by atoms with Crippen LogP contribution in [-0.4, -0.2) is 133 Å². The Kier molecular flexibility index (Phi) is 5.40. The van der Waals surface area contributed by atoms with Crippen LogP contribution in [0.15, 0.2) is 12.2 Å². The van der Waals surface area contributed by atoms with Gasteiger partial charge < -0.3 is 9.80 Å². The standard InChI is InChI=1S/C24H34N6O4/c1-25-5-9-27(10-6-25)13-29-21(31)17-15-3-4-16(18(17)22(29)32)20-19(15)23(33)30(24(20)34)14-28-11-7-26(2)8-12-28/h3-4,15-20H,5-14H2,1-2H3/t15?,16?,17-,18-,19-,20+/m1/s1. The van der Waals surface area contributed by atoms with E-state index in [4.69, 9.17) is 0 Å². The van der Waals surface area contributed by atoms with Crippen LogP contribution < -0.4 is 0 Å². The second-order valence-electron chi connectivity index (χ2n) is 11.0. The minimum Gasteiger partial charge on any atom is -0.304 e. The first kappa shape index (κ1) is 22.3. The number of piperazine rings is 2. The molecule has 0 aromatic heterocycles. The molecule has 3 aliphatic carbocycles. The van der Waals surface area contributed by atoms with E-state index in [0.717, 1.165) is 52.4 Å². The molecule has 6 atom stereocenters. The molecule has 0 spiro atoms. The van der Waals surface area contributed by atoms with Crippen molar-refractivity contribution in [2.24, 2.45) is 35.5 Å². The first-order chi connectivity index (χ1) is 16.3. The lowest BCUT2D eigenvalue weighted by Gasteiger charge is -2.44. The van der Waals surface area contributed by atoms with E-state index in [1.807, 2.05) is 12.2 Å². The van der Waals surface area contributed by atoms with E-state index < -0.39 is 23.7 Å². The van der Waals surface area contributed by atoms with E-state index in [9.17, 15) is 19.2 Å². The van der Waals surface area contributed by atoms with Gasteiger partial charge in [0, 0.05) is 64.2 Å². The summed E-state index contributed by atoms with van der Waals surface area (Å²) in [4.78, 5) is 65.6. The number of amides is 4. The molecular weight excluding hydrogens is 436 g/mol. The van der Waals surface area contributed by atoms with Gasteiger partial charge in [-0.2, -0.15) is 0 Å². The number of hydrogen-bond donors (Lipinski definition) is 0. The van der Waals surface area contributed by atoms with E-state index in [1.54, 1.807) is 0 Å². The molecule has 1 saturated carbocycles. The minimum atomic E-state index is -0.517. The van der Waals surface area contributed by atoms with Crippen molar-refractivity contribution in [3.8, 4) is 0 Å². The Balaban J connectivity index is 1.21. The smallest absolute Gasteiger partial charge is 0.234 e. The fraction of sp³-hybridized carbons (Fsp3) is 0.750. The highest BCUT2D eigenvalue weighted by molar-refractivity contribution is 6.10. The Labute approximate surface area is 200 Å². The van der Waals surface area contributed by atoms with Gasteiger partial charge >= 0.3 is 0 Å². The summed E-state index contributed by atoms with van der Waals surface area (Å²) >= 11 is 0. The van der Waals surface area contributed by atoms with Gasteiger partial charge in [0.2, 0.25) is 23.6 Å². The summed E-state index contributed by atoms with van der Waals surface area (Å²) in [5.74, 6) is -3.46. The summed E-state index contributed by atoms with van der Waals surface area (Å²) in [6.07, 6.45) is 3.89. The third-order valence-electron chi connectivity index (χ3n) is 9.07. The molecule has 4 amide bonds. The molecule has 10 heteroatoms. The lowest BCUT2D eigenvalue weighted by atomic mass is 9.54. The van der Waals surface area contributed by atoms with Crippen molar-refractivity contribution in [3.05, 3.63) is 12.2 Å². The lowest BCUT2D eigenvalue weighted by Crippen LogP contribution is -2.50. The molecule has 0 radical (unpaired) electrons. The lowest BCUT2D eigenvalue weighted by molar-refractivity contribution is -0.143. The number of rotatable bonds is 4. The Morgan fingerprint density at radius 1 is 0.559 bits per heavy atom. The zero-order valence-corrected chi connectivity index (χ0v) is 20.0.